The van der Waals surface area contributed by atoms with Gasteiger partial charge in [0.15, 0.2) is 11.8 Å². The molecule has 0 unspecified atom stereocenters. The number of aromatic carboxylic acids is 1. The third-order valence-electron chi connectivity index (χ3n) is 4.16. The molecule has 8 nitrogen and oxygen atoms in total. The van der Waals surface area contributed by atoms with Crippen LogP contribution in [0.4, 0.5) is 5.69 Å². The summed E-state index contributed by atoms with van der Waals surface area (Å²) in [5, 5.41) is 9.57. The molecule has 2 aromatic carbocycles. The predicted molar refractivity (Wildman–Crippen MR) is 117 cm³/mol. The third kappa shape index (κ3) is 5.73. The van der Waals surface area contributed by atoms with Crippen LogP contribution < -0.4 is 4.74 Å². The summed E-state index contributed by atoms with van der Waals surface area (Å²) in [7, 11) is 1.61. The Labute approximate surface area is 183 Å². The van der Waals surface area contributed by atoms with E-state index in [1.165, 1.54) is 28.8 Å². The van der Waals surface area contributed by atoms with Crippen LogP contribution in [0.15, 0.2) is 58.4 Å². The molecule has 0 radical (unpaired) electrons. The fourth-order valence-corrected chi connectivity index (χ4v) is 3.61. The fourth-order valence-electron chi connectivity index (χ4n) is 2.63. The van der Waals surface area contributed by atoms with Crippen LogP contribution in [0.3, 0.4) is 0 Å². The minimum absolute atomic E-state index is 0.125. The molecule has 1 N–H and O–H groups in total. The molecule has 9 heteroatoms. The van der Waals surface area contributed by atoms with Gasteiger partial charge in [-0.1, -0.05) is 18.2 Å². The van der Waals surface area contributed by atoms with E-state index in [0.29, 0.717) is 28.1 Å². The van der Waals surface area contributed by atoms with Gasteiger partial charge in [-0.3, -0.25) is 9.69 Å². The topological polar surface area (TPSA) is 106 Å². The smallest absolute Gasteiger partial charge is 0.344 e. The Kier molecular flexibility index (Phi) is 7.09. The average Bonchev–Trinajstić information content (AvgIpc) is 3.01. The summed E-state index contributed by atoms with van der Waals surface area (Å²) in [6.07, 6.45) is 1.73. The molecule has 2 aromatic rings. The first-order valence-electron chi connectivity index (χ1n) is 9.35. The number of carbonyl (C=O) groups excluding carboxylic acids is 2. The van der Waals surface area contributed by atoms with Crippen LogP contribution in [0.5, 0.6) is 5.75 Å². The molecular formula is C22H20N2O6S. The molecule has 1 heterocycles. The van der Waals surface area contributed by atoms with E-state index >= 15 is 0 Å². The highest BCUT2D eigenvalue weighted by Crippen LogP contribution is 2.33. The molecule has 1 aliphatic heterocycles. The second-order valence-electron chi connectivity index (χ2n) is 6.39. The number of benzene rings is 2. The largest absolute Gasteiger partial charge is 0.482 e. The number of carboxylic acids is 1. The standard InChI is InChI=1S/C22H20N2O6S/c1-3-29-19(25)13-30-17-9-7-14(8-10-17)11-18-20(26)24(2)22(31-18)23-16-6-4-5-15(12-16)21(27)28/h4-12H,3,13H2,1-2H3,(H,27,28)/b18-11+,23-22?. The SMILES string of the molecule is CCOC(=O)COc1ccc(/C=C2/SC(=Nc3cccc(C(=O)O)c3)N(C)C2=O)cc1. The summed E-state index contributed by atoms with van der Waals surface area (Å²) in [4.78, 5) is 41.4. The molecule has 0 atom stereocenters. The Bertz CT molecular complexity index is 1060. The van der Waals surface area contributed by atoms with E-state index in [0.717, 1.165) is 5.56 Å². The molecular weight excluding hydrogens is 420 g/mol. The number of amidine groups is 1. The van der Waals surface area contributed by atoms with Gasteiger partial charge in [-0.05, 0) is 60.7 Å². The van der Waals surface area contributed by atoms with Gasteiger partial charge < -0.3 is 14.6 Å². The van der Waals surface area contributed by atoms with Crippen molar-refractivity contribution in [3.05, 3.63) is 64.6 Å². The number of thioether (sulfide) groups is 1. The number of likely N-dealkylation sites (N-methyl/N-ethyl adjacent to an activating group) is 1. The molecule has 1 saturated heterocycles. The van der Waals surface area contributed by atoms with E-state index in [1.807, 2.05) is 0 Å². The first-order chi connectivity index (χ1) is 14.9. The number of esters is 1. The van der Waals surface area contributed by atoms with Crippen molar-refractivity contribution in [1.29, 1.82) is 0 Å². The summed E-state index contributed by atoms with van der Waals surface area (Å²) < 4.78 is 10.2. The first kappa shape index (κ1) is 22.1. The zero-order valence-electron chi connectivity index (χ0n) is 16.9. The summed E-state index contributed by atoms with van der Waals surface area (Å²) in [6, 6.07) is 13.2. The maximum atomic E-state index is 12.6. The number of amides is 1. The minimum atomic E-state index is -1.04. The van der Waals surface area contributed by atoms with Crippen molar-refractivity contribution in [2.45, 2.75) is 6.92 Å². The van der Waals surface area contributed by atoms with Gasteiger partial charge in [0.05, 0.1) is 22.8 Å². The predicted octanol–water partition coefficient (Wildman–Crippen LogP) is 3.56. The highest BCUT2D eigenvalue weighted by Gasteiger charge is 2.30. The van der Waals surface area contributed by atoms with Crippen LogP contribution in [-0.4, -0.2) is 53.3 Å². The van der Waals surface area contributed by atoms with Crippen molar-refractivity contribution < 1.29 is 29.0 Å². The summed E-state index contributed by atoms with van der Waals surface area (Å²) >= 11 is 1.20. The molecule has 0 aliphatic carbocycles. The van der Waals surface area contributed by atoms with Gasteiger partial charge >= 0.3 is 11.9 Å². The van der Waals surface area contributed by atoms with Crippen molar-refractivity contribution >= 4 is 46.5 Å². The molecule has 31 heavy (non-hydrogen) atoms. The van der Waals surface area contributed by atoms with Gasteiger partial charge in [-0.15, -0.1) is 0 Å². The van der Waals surface area contributed by atoms with E-state index in [4.69, 9.17) is 14.6 Å². The summed E-state index contributed by atoms with van der Waals surface area (Å²) in [6.45, 7) is 1.85. The summed E-state index contributed by atoms with van der Waals surface area (Å²) in [5.74, 6) is -1.18. The maximum Gasteiger partial charge on any atom is 0.344 e. The van der Waals surface area contributed by atoms with Crippen LogP contribution in [0, 0.1) is 0 Å². The highest BCUT2D eigenvalue weighted by atomic mass is 32.2. The Balaban J connectivity index is 1.72. The highest BCUT2D eigenvalue weighted by molar-refractivity contribution is 8.18. The molecule has 0 spiro atoms. The molecule has 1 amide bonds. The van der Waals surface area contributed by atoms with Crippen molar-refractivity contribution in [2.75, 3.05) is 20.3 Å². The van der Waals surface area contributed by atoms with Gasteiger partial charge in [0.1, 0.15) is 5.75 Å². The lowest BCUT2D eigenvalue weighted by atomic mass is 10.2. The van der Waals surface area contributed by atoms with Crippen LogP contribution in [0.25, 0.3) is 6.08 Å². The van der Waals surface area contributed by atoms with E-state index in [2.05, 4.69) is 4.99 Å². The van der Waals surface area contributed by atoms with Gasteiger partial charge in [0, 0.05) is 7.05 Å². The fraction of sp³-hybridized carbons (Fsp3) is 0.182. The van der Waals surface area contributed by atoms with Crippen molar-refractivity contribution in [1.82, 2.24) is 4.90 Å². The lowest BCUT2D eigenvalue weighted by Crippen LogP contribution is -2.23. The molecule has 3 rings (SSSR count). The van der Waals surface area contributed by atoms with E-state index in [1.54, 1.807) is 56.4 Å². The normalized spacial score (nSPS) is 16.1. The second-order valence-corrected chi connectivity index (χ2v) is 7.40. The van der Waals surface area contributed by atoms with Gasteiger partial charge in [-0.25, -0.2) is 14.6 Å². The van der Waals surface area contributed by atoms with E-state index in [9.17, 15) is 14.4 Å². The van der Waals surface area contributed by atoms with Crippen molar-refractivity contribution in [2.24, 2.45) is 4.99 Å². The number of carboxylic acid groups (broad SMARTS) is 1. The molecule has 1 aliphatic rings. The van der Waals surface area contributed by atoms with E-state index in [-0.39, 0.29) is 18.1 Å². The number of hydrogen-bond acceptors (Lipinski definition) is 7. The zero-order valence-corrected chi connectivity index (χ0v) is 17.7. The average molecular weight is 440 g/mol. The molecule has 0 aromatic heterocycles. The van der Waals surface area contributed by atoms with Crippen molar-refractivity contribution in [3.8, 4) is 5.75 Å². The summed E-state index contributed by atoms with van der Waals surface area (Å²) in [5.41, 5.74) is 1.35. The number of nitrogens with zero attached hydrogens (tertiary/aromatic N) is 2. The number of ether oxygens (including phenoxy) is 2. The van der Waals surface area contributed by atoms with Crippen LogP contribution in [-0.2, 0) is 14.3 Å². The second kappa shape index (κ2) is 9.94. The number of carbonyl (C=O) groups is 3. The lowest BCUT2D eigenvalue weighted by Gasteiger charge is -2.07. The Morgan fingerprint density at radius 1 is 1.19 bits per heavy atom. The first-order valence-corrected chi connectivity index (χ1v) is 10.2. The van der Waals surface area contributed by atoms with Gasteiger partial charge in [0.25, 0.3) is 5.91 Å². The Morgan fingerprint density at radius 3 is 2.61 bits per heavy atom. The van der Waals surface area contributed by atoms with Crippen LogP contribution in [0.1, 0.15) is 22.8 Å². The monoisotopic (exact) mass is 440 g/mol. The Hall–Kier alpha value is -3.59. The quantitative estimate of drug-likeness (QED) is 0.518. The molecule has 0 bridgehead atoms. The number of hydrogen-bond donors (Lipinski definition) is 1. The zero-order chi connectivity index (χ0) is 22.4. The van der Waals surface area contributed by atoms with Gasteiger partial charge in [0.2, 0.25) is 0 Å². The molecule has 1 fully saturated rings. The maximum absolute atomic E-state index is 12.6. The minimum Gasteiger partial charge on any atom is -0.482 e. The lowest BCUT2D eigenvalue weighted by molar-refractivity contribution is -0.145. The van der Waals surface area contributed by atoms with Crippen molar-refractivity contribution in [3.63, 3.8) is 0 Å². The number of aliphatic imine (C=N–C) groups is 1. The van der Waals surface area contributed by atoms with Crippen LogP contribution in [0.2, 0.25) is 0 Å². The number of rotatable bonds is 7. The van der Waals surface area contributed by atoms with E-state index < -0.39 is 11.9 Å². The molecule has 160 valence electrons. The molecule has 0 saturated carbocycles. The Morgan fingerprint density at radius 2 is 1.94 bits per heavy atom. The van der Waals surface area contributed by atoms with Crippen LogP contribution >= 0.6 is 11.8 Å². The van der Waals surface area contributed by atoms with Gasteiger partial charge in [-0.2, -0.15) is 0 Å². The third-order valence-corrected chi connectivity index (χ3v) is 5.22.